The molecule has 0 unspecified atom stereocenters. The summed E-state index contributed by atoms with van der Waals surface area (Å²) in [5.74, 6) is 0.0121. The van der Waals surface area contributed by atoms with E-state index < -0.39 is 5.76 Å². The number of aryl methyl sites for hydroxylation is 1. The van der Waals surface area contributed by atoms with Crippen molar-refractivity contribution in [3.8, 4) is 0 Å². The summed E-state index contributed by atoms with van der Waals surface area (Å²) < 4.78 is 5.97. The molecule has 0 amide bonds. The molecule has 0 fully saturated rings. The Morgan fingerprint density at radius 1 is 1.57 bits per heavy atom. The highest BCUT2D eigenvalue weighted by atomic mass is 16.4. The van der Waals surface area contributed by atoms with Crippen molar-refractivity contribution in [2.24, 2.45) is 17.8 Å². The summed E-state index contributed by atoms with van der Waals surface area (Å²) in [5.41, 5.74) is 7.33. The maximum absolute atomic E-state index is 11.2. The summed E-state index contributed by atoms with van der Waals surface area (Å²) in [5, 5.41) is 3.87. The third-order valence-electron chi connectivity index (χ3n) is 2.65. The highest BCUT2D eigenvalue weighted by Gasteiger charge is 2.08. The summed E-state index contributed by atoms with van der Waals surface area (Å²) >= 11 is 0. The highest BCUT2D eigenvalue weighted by molar-refractivity contribution is 6.32. The molecule has 2 aromatic rings. The number of pyridine rings is 1. The number of aromatic nitrogens is 3. The van der Waals surface area contributed by atoms with Crippen LogP contribution in [-0.4, -0.2) is 28.3 Å². The van der Waals surface area contributed by atoms with Crippen molar-refractivity contribution in [3.05, 3.63) is 40.8 Å². The molecule has 106 valence electrons. The predicted octanol–water partition coefficient (Wildman–Crippen LogP) is 0.0444. The van der Waals surface area contributed by atoms with Crippen molar-refractivity contribution >= 4 is 30.5 Å². The van der Waals surface area contributed by atoms with Crippen molar-refractivity contribution in [1.82, 2.24) is 14.8 Å². The first kappa shape index (κ1) is 14.8. The Bertz CT molecular complexity index is 743. The molecule has 0 spiro atoms. The second-order valence-corrected chi connectivity index (χ2v) is 4.30. The lowest BCUT2D eigenvalue weighted by atomic mass is 9.99. The minimum atomic E-state index is -0.573. The van der Waals surface area contributed by atoms with E-state index in [2.05, 4.69) is 15.1 Å². The van der Waals surface area contributed by atoms with Gasteiger partial charge in [-0.2, -0.15) is 4.68 Å². The fraction of sp³-hybridized carbons (Fsp3) is 0.231. The molecule has 0 aromatic carbocycles. The van der Waals surface area contributed by atoms with Crippen molar-refractivity contribution in [2.75, 3.05) is 0 Å². The molecule has 0 atom stereocenters. The van der Waals surface area contributed by atoms with E-state index in [4.69, 9.17) is 18.0 Å². The predicted molar refractivity (Wildman–Crippen MR) is 80.9 cm³/mol. The highest BCUT2D eigenvalue weighted by Crippen LogP contribution is 2.09. The van der Waals surface area contributed by atoms with Crippen LogP contribution >= 0.6 is 0 Å². The largest absolute Gasteiger partial charge is 0.437 e. The molecule has 0 aliphatic rings. The van der Waals surface area contributed by atoms with Crippen LogP contribution in [-0.2, 0) is 7.05 Å². The lowest BCUT2D eigenvalue weighted by Crippen LogP contribution is -2.09. The normalized spacial score (nSPS) is 12.7. The van der Waals surface area contributed by atoms with Crippen LogP contribution < -0.4 is 17.0 Å². The van der Waals surface area contributed by atoms with Crippen LogP contribution in [0.3, 0.4) is 0 Å². The average Bonchev–Trinajstić information content (AvgIpc) is 2.80. The molecule has 0 bridgehead atoms. The van der Waals surface area contributed by atoms with Gasteiger partial charge < -0.3 is 10.2 Å². The van der Waals surface area contributed by atoms with Gasteiger partial charge in [-0.25, -0.2) is 14.8 Å². The second kappa shape index (κ2) is 6.21. The summed E-state index contributed by atoms with van der Waals surface area (Å²) in [6.07, 6.45) is 3.75. The van der Waals surface area contributed by atoms with Crippen molar-refractivity contribution < 1.29 is 4.42 Å². The minimum Gasteiger partial charge on any atom is -0.394 e. The number of hydrogen-bond acceptors (Lipinski definition) is 6. The molecule has 21 heavy (non-hydrogen) atoms. The Balaban J connectivity index is 2.30. The van der Waals surface area contributed by atoms with Crippen LogP contribution in [0.5, 0.6) is 0 Å². The fourth-order valence-electron chi connectivity index (χ4n) is 1.53. The summed E-state index contributed by atoms with van der Waals surface area (Å²) in [6, 6.07) is 3.42. The van der Waals surface area contributed by atoms with Gasteiger partial charge in [0, 0.05) is 19.0 Å². The molecule has 0 saturated heterocycles. The van der Waals surface area contributed by atoms with E-state index >= 15 is 0 Å². The molecule has 0 aliphatic heterocycles. The number of aliphatic imine (C=N–C) groups is 1. The third-order valence-corrected chi connectivity index (χ3v) is 2.65. The van der Waals surface area contributed by atoms with Crippen LogP contribution in [0.15, 0.2) is 38.6 Å². The monoisotopic (exact) mass is 283 g/mol. The number of nitrogens with two attached hydrogens (primary N) is 1. The summed E-state index contributed by atoms with van der Waals surface area (Å²) in [6.45, 7) is 1.93. The number of allylic oxidation sites excluding steroid dienone is 1. The number of nitrogens with zero attached hydrogens (tertiary/aromatic N) is 4. The Hall–Kier alpha value is -2.64. The topological polar surface area (TPSA) is 99.3 Å². The van der Waals surface area contributed by atoms with Crippen molar-refractivity contribution in [1.29, 1.82) is 0 Å². The Morgan fingerprint density at radius 2 is 2.33 bits per heavy atom. The molecule has 2 radical (unpaired) electrons. The standard InChI is InChI=1S/C13H14BN5O2/c1-3-9(17-11-5-4-8(14)7-16-11)6-10(15)12-18-19(2)13(20)21-12/h4-7H,3,15H2,1-2H3/b10-6-,17-9?. The molecule has 2 N–H and O–H groups in total. The first-order chi connectivity index (χ1) is 9.99. The average molecular weight is 283 g/mol. The second-order valence-electron chi connectivity index (χ2n) is 4.30. The zero-order valence-corrected chi connectivity index (χ0v) is 11.8. The van der Waals surface area contributed by atoms with Gasteiger partial charge in [-0.15, -0.1) is 5.10 Å². The van der Waals surface area contributed by atoms with Crippen LogP contribution in [0.4, 0.5) is 5.82 Å². The smallest absolute Gasteiger partial charge is 0.394 e. The van der Waals surface area contributed by atoms with Gasteiger partial charge in [0.2, 0.25) is 0 Å². The fourth-order valence-corrected chi connectivity index (χ4v) is 1.53. The van der Waals surface area contributed by atoms with E-state index in [9.17, 15) is 4.79 Å². The van der Waals surface area contributed by atoms with E-state index in [1.807, 2.05) is 6.92 Å². The molecule has 7 nitrogen and oxygen atoms in total. The molecule has 0 aliphatic carbocycles. The van der Waals surface area contributed by atoms with E-state index in [1.165, 1.54) is 13.2 Å². The van der Waals surface area contributed by atoms with Gasteiger partial charge in [0.15, 0.2) is 5.82 Å². The van der Waals surface area contributed by atoms with Crippen LogP contribution in [0, 0.1) is 0 Å². The Kier molecular flexibility index (Phi) is 4.37. The zero-order chi connectivity index (χ0) is 15.4. The van der Waals surface area contributed by atoms with Gasteiger partial charge in [0.1, 0.15) is 7.85 Å². The lowest BCUT2D eigenvalue weighted by Gasteiger charge is -2.00. The van der Waals surface area contributed by atoms with E-state index in [-0.39, 0.29) is 11.6 Å². The van der Waals surface area contributed by atoms with E-state index in [0.717, 1.165) is 4.68 Å². The molecule has 0 saturated carbocycles. The summed E-state index contributed by atoms with van der Waals surface area (Å²) in [7, 11) is 7.05. The van der Waals surface area contributed by atoms with Crippen LogP contribution in [0.2, 0.25) is 0 Å². The van der Waals surface area contributed by atoms with Gasteiger partial charge in [0.25, 0.3) is 5.89 Å². The zero-order valence-electron chi connectivity index (χ0n) is 11.8. The van der Waals surface area contributed by atoms with E-state index in [0.29, 0.717) is 23.4 Å². The number of rotatable bonds is 4. The Labute approximate surface area is 122 Å². The van der Waals surface area contributed by atoms with Gasteiger partial charge >= 0.3 is 5.76 Å². The lowest BCUT2D eigenvalue weighted by molar-refractivity contribution is 0.484. The van der Waals surface area contributed by atoms with E-state index in [1.54, 1.807) is 18.2 Å². The van der Waals surface area contributed by atoms with Crippen molar-refractivity contribution in [3.63, 3.8) is 0 Å². The maximum atomic E-state index is 11.2. The Morgan fingerprint density at radius 3 is 2.86 bits per heavy atom. The first-order valence-electron chi connectivity index (χ1n) is 6.30. The van der Waals surface area contributed by atoms with Crippen molar-refractivity contribution in [2.45, 2.75) is 13.3 Å². The third kappa shape index (κ3) is 3.68. The van der Waals surface area contributed by atoms with Gasteiger partial charge in [-0.05, 0) is 18.6 Å². The quantitative estimate of drug-likeness (QED) is 0.631. The van der Waals surface area contributed by atoms with Gasteiger partial charge in [-0.1, -0.05) is 18.5 Å². The maximum Gasteiger partial charge on any atom is 0.437 e. The van der Waals surface area contributed by atoms with Gasteiger partial charge in [-0.3, -0.25) is 0 Å². The molecule has 8 heteroatoms. The van der Waals surface area contributed by atoms with Gasteiger partial charge in [0.05, 0.1) is 5.70 Å². The molecular formula is C13H14BN5O2. The molecule has 2 aromatic heterocycles. The molecule has 2 heterocycles. The summed E-state index contributed by atoms with van der Waals surface area (Å²) in [4.78, 5) is 19.7. The van der Waals surface area contributed by atoms with Crippen LogP contribution in [0.25, 0.3) is 5.70 Å². The minimum absolute atomic E-state index is 0.0638. The SMILES string of the molecule is [B]c1ccc(N=C(/C=C(\N)c2nn(C)c(=O)o2)CC)nc1. The number of hydrogen-bond donors (Lipinski definition) is 1. The molecule has 2 rings (SSSR count). The first-order valence-corrected chi connectivity index (χ1v) is 6.30. The molecular weight excluding hydrogens is 269 g/mol. The van der Waals surface area contributed by atoms with Crippen LogP contribution in [0.1, 0.15) is 19.2 Å².